The van der Waals surface area contributed by atoms with Crippen molar-refractivity contribution in [1.82, 2.24) is 10.9 Å². The van der Waals surface area contributed by atoms with E-state index >= 15 is 0 Å². The van der Waals surface area contributed by atoms with E-state index in [0.29, 0.717) is 5.69 Å². The van der Waals surface area contributed by atoms with Gasteiger partial charge in [0.05, 0.1) is 0 Å². The molecule has 19 heavy (non-hydrogen) atoms. The van der Waals surface area contributed by atoms with Gasteiger partial charge in [-0.2, -0.15) is 0 Å². The molecule has 0 aromatic heterocycles. The number of anilines is 1. The molecule has 6 heteroatoms. The minimum Gasteiger partial charge on any atom is -0.480 e. The van der Waals surface area contributed by atoms with Crippen LogP contribution in [0.4, 0.5) is 10.1 Å². The summed E-state index contributed by atoms with van der Waals surface area (Å²) in [7, 11) is 0. The second kappa shape index (κ2) is 5.54. The highest BCUT2D eigenvalue weighted by Crippen LogP contribution is 2.22. The monoisotopic (exact) mass is 267 g/mol. The van der Waals surface area contributed by atoms with Crippen LogP contribution < -0.4 is 16.2 Å². The first-order valence-electron chi connectivity index (χ1n) is 6.25. The van der Waals surface area contributed by atoms with Crippen molar-refractivity contribution >= 4 is 11.7 Å². The van der Waals surface area contributed by atoms with Crippen molar-refractivity contribution in [3.63, 3.8) is 0 Å². The molecule has 0 amide bonds. The third-order valence-electron chi connectivity index (χ3n) is 3.51. The standard InChI is InChI=1S/C13H18FN3O2/c1-7-11(8(2)17-16-7)12(13(18)19)15-10-5-3-9(14)4-6-10/h3-8,11-12,15-17H,1-2H3,(H,18,19). The lowest BCUT2D eigenvalue weighted by Crippen LogP contribution is -2.45. The van der Waals surface area contributed by atoms with E-state index in [2.05, 4.69) is 16.2 Å². The number of hydrogen-bond donors (Lipinski definition) is 4. The van der Waals surface area contributed by atoms with Crippen molar-refractivity contribution in [2.45, 2.75) is 32.0 Å². The summed E-state index contributed by atoms with van der Waals surface area (Å²) in [4.78, 5) is 11.5. The number of hydrazine groups is 1. The molecule has 0 bridgehead atoms. The molecular weight excluding hydrogens is 249 g/mol. The van der Waals surface area contributed by atoms with Gasteiger partial charge in [-0.15, -0.1) is 0 Å². The predicted octanol–water partition coefficient (Wildman–Crippen LogP) is 1.19. The van der Waals surface area contributed by atoms with Gasteiger partial charge in [0.25, 0.3) is 0 Å². The highest BCUT2D eigenvalue weighted by molar-refractivity contribution is 5.78. The topological polar surface area (TPSA) is 73.4 Å². The van der Waals surface area contributed by atoms with Crippen molar-refractivity contribution in [1.29, 1.82) is 0 Å². The molecule has 0 radical (unpaired) electrons. The summed E-state index contributed by atoms with van der Waals surface area (Å²) in [5.74, 6) is -1.37. The Hall–Kier alpha value is -1.66. The largest absolute Gasteiger partial charge is 0.480 e. The molecule has 1 aromatic carbocycles. The van der Waals surface area contributed by atoms with Crippen LogP contribution in [0.25, 0.3) is 0 Å². The fraction of sp³-hybridized carbons (Fsp3) is 0.462. The second-order valence-corrected chi connectivity index (χ2v) is 4.91. The Labute approximate surface area is 111 Å². The van der Waals surface area contributed by atoms with Crippen LogP contribution in [-0.4, -0.2) is 29.2 Å². The van der Waals surface area contributed by atoms with Gasteiger partial charge in [0.1, 0.15) is 11.9 Å². The predicted molar refractivity (Wildman–Crippen MR) is 70.1 cm³/mol. The SMILES string of the molecule is CC1NNC(C)C1C(Nc1ccc(F)cc1)C(=O)O. The van der Waals surface area contributed by atoms with E-state index in [4.69, 9.17) is 0 Å². The summed E-state index contributed by atoms with van der Waals surface area (Å²) in [6.07, 6.45) is 0. The van der Waals surface area contributed by atoms with Crippen LogP contribution in [0.3, 0.4) is 0 Å². The van der Waals surface area contributed by atoms with Crippen LogP contribution in [0, 0.1) is 11.7 Å². The third-order valence-corrected chi connectivity index (χ3v) is 3.51. The number of halogens is 1. The number of aliphatic carboxylic acids is 1. The molecule has 1 aliphatic heterocycles. The fourth-order valence-corrected chi connectivity index (χ4v) is 2.51. The summed E-state index contributed by atoms with van der Waals surface area (Å²) in [5, 5.41) is 12.4. The molecule has 0 saturated carbocycles. The average Bonchev–Trinajstić information content (AvgIpc) is 2.68. The Morgan fingerprint density at radius 3 is 2.26 bits per heavy atom. The van der Waals surface area contributed by atoms with Crippen LogP contribution in [0.15, 0.2) is 24.3 Å². The summed E-state index contributed by atoms with van der Waals surface area (Å²) >= 11 is 0. The first-order valence-corrected chi connectivity index (χ1v) is 6.25. The smallest absolute Gasteiger partial charge is 0.326 e. The summed E-state index contributed by atoms with van der Waals surface area (Å²) < 4.78 is 12.8. The maximum Gasteiger partial charge on any atom is 0.326 e. The maximum absolute atomic E-state index is 12.8. The van der Waals surface area contributed by atoms with Gasteiger partial charge in [-0.05, 0) is 38.1 Å². The van der Waals surface area contributed by atoms with Crippen molar-refractivity contribution in [3.05, 3.63) is 30.1 Å². The Kier molecular flexibility index (Phi) is 4.01. The summed E-state index contributed by atoms with van der Waals surface area (Å²) in [6, 6.07) is 5.01. The molecule has 1 heterocycles. The molecule has 1 aromatic rings. The zero-order chi connectivity index (χ0) is 14.0. The van der Waals surface area contributed by atoms with Crippen molar-refractivity contribution < 1.29 is 14.3 Å². The molecule has 0 spiro atoms. The number of carbonyl (C=O) groups is 1. The molecule has 0 aliphatic carbocycles. The van der Waals surface area contributed by atoms with Crippen LogP contribution in [0.5, 0.6) is 0 Å². The first-order chi connectivity index (χ1) is 8.99. The zero-order valence-electron chi connectivity index (χ0n) is 10.9. The van der Waals surface area contributed by atoms with Gasteiger partial charge >= 0.3 is 5.97 Å². The van der Waals surface area contributed by atoms with Crippen LogP contribution in [0.1, 0.15) is 13.8 Å². The lowest BCUT2D eigenvalue weighted by Gasteiger charge is -2.26. The van der Waals surface area contributed by atoms with E-state index in [9.17, 15) is 14.3 Å². The normalized spacial score (nSPS) is 28.1. The average molecular weight is 267 g/mol. The number of carboxylic acid groups (broad SMARTS) is 1. The van der Waals surface area contributed by atoms with E-state index < -0.39 is 12.0 Å². The highest BCUT2D eigenvalue weighted by atomic mass is 19.1. The van der Waals surface area contributed by atoms with E-state index in [1.165, 1.54) is 24.3 Å². The zero-order valence-corrected chi connectivity index (χ0v) is 10.9. The molecular formula is C13H18FN3O2. The van der Waals surface area contributed by atoms with Crippen molar-refractivity contribution in [3.8, 4) is 0 Å². The van der Waals surface area contributed by atoms with Gasteiger partial charge < -0.3 is 10.4 Å². The van der Waals surface area contributed by atoms with Crippen molar-refractivity contribution in [2.75, 3.05) is 5.32 Å². The van der Waals surface area contributed by atoms with Crippen molar-refractivity contribution in [2.24, 2.45) is 5.92 Å². The van der Waals surface area contributed by atoms with Gasteiger partial charge in [-0.3, -0.25) is 10.9 Å². The quantitative estimate of drug-likeness (QED) is 0.659. The lowest BCUT2D eigenvalue weighted by molar-refractivity contribution is -0.139. The Bertz CT molecular complexity index is 442. The van der Waals surface area contributed by atoms with E-state index in [-0.39, 0.29) is 23.8 Å². The molecule has 4 N–H and O–H groups in total. The number of hydrogen-bond acceptors (Lipinski definition) is 4. The summed E-state index contributed by atoms with van der Waals surface area (Å²) in [5.41, 5.74) is 6.67. The number of nitrogens with one attached hydrogen (secondary N) is 3. The lowest BCUT2D eigenvalue weighted by atomic mass is 9.88. The third kappa shape index (κ3) is 3.02. The maximum atomic E-state index is 12.8. The Morgan fingerprint density at radius 1 is 1.26 bits per heavy atom. The van der Waals surface area contributed by atoms with E-state index in [0.717, 1.165) is 0 Å². The molecule has 3 atom stereocenters. The number of benzene rings is 1. The Balaban J connectivity index is 2.16. The minimum atomic E-state index is -0.918. The number of carboxylic acids is 1. The van der Waals surface area contributed by atoms with Crippen LogP contribution in [-0.2, 0) is 4.79 Å². The molecule has 2 rings (SSSR count). The minimum absolute atomic E-state index is 0.0315. The van der Waals surface area contributed by atoms with Gasteiger partial charge in [-0.25, -0.2) is 9.18 Å². The van der Waals surface area contributed by atoms with Gasteiger partial charge in [-0.1, -0.05) is 0 Å². The van der Waals surface area contributed by atoms with Gasteiger partial charge in [0, 0.05) is 23.7 Å². The number of rotatable bonds is 4. The molecule has 5 nitrogen and oxygen atoms in total. The molecule has 1 fully saturated rings. The van der Waals surface area contributed by atoms with Gasteiger partial charge in [0.2, 0.25) is 0 Å². The van der Waals surface area contributed by atoms with Gasteiger partial charge in [0.15, 0.2) is 0 Å². The van der Waals surface area contributed by atoms with E-state index in [1.54, 1.807) is 0 Å². The van der Waals surface area contributed by atoms with Crippen LogP contribution in [0.2, 0.25) is 0 Å². The highest BCUT2D eigenvalue weighted by Gasteiger charge is 2.40. The molecule has 104 valence electrons. The first kappa shape index (κ1) is 13.8. The van der Waals surface area contributed by atoms with Crippen LogP contribution >= 0.6 is 0 Å². The second-order valence-electron chi connectivity index (χ2n) is 4.91. The summed E-state index contributed by atoms with van der Waals surface area (Å²) in [6.45, 7) is 3.87. The fourth-order valence-electron chi connectivity index (χ4n) is 2.51. The molecule has 1 saturated heterocycles. The molecule has 1 aliphatic rings. The van der Waals surface area contributed by atoms with E-state index in [1.807, 2.05) is 13.8 Å². The molecule has 3 unspecified atom stereocenters. The Morgan fingerprint density at radius 2 is 1.79 bits per heavy atom.